The van der Waals surface area contributed by atoms with E-state index in [-0.39, 0.29) is 6.61 Å². The predicted octanol–water partition coefficient (Wildman–Crippen LogP) is 4.56. The van der Waals surface area contributed by atoms with E-state index in [0.717, 1.165) is 16.0 Å². The summed E-state index contributed by atoms with van der Waals surface area (Å²) in [5.74, 6) is 1.82. The van der Waals surface area contributed by atoms with Gasteiger partial charge in [0, 0.05) is 43.1 Å². The van der Waals surface area contributed by atoms with Crippen LogP contribution in [0.1, 0.15) is 28.4 Å². The molecule has 1 aliphatic heterocycles. The van der Waals surface area contributed by atoms with Crippen molar-refractivity contribution in [2.75, 3.05) is 27.4 Å². The zero-order chi connectivity index (χ0) is 24.9. The summed E-state index contributed by atoms with van der Waals surface area (Å²) in [5.41, 5.74) is 1.13. The fourth-order valence-electron chi connectivity index (χ4n) is 4.16. The van der Waals surface area contributed by atoms with Crippen LogP contribution in [0.4, 0.5) is 0 Å². The molecule has 1 saturated heterocycles. The quantitative estimate of drug-likeness (QED) is 0.325. The summed E-state index contributed by atoms with van der Waals surface area (Å²) < 4.78 is 30.1. The van der Waals surface area contributed by atoms with E-state index in [2.05, 4.69) is 10.1 Å². The number of furan rings is 1. The second-order valence-corrected chi connectivity index (χ2v) is 10.6. The topological polar surface area (TPSA) is 113 Å². The number of benzene rings is 1. The maximum absolute atomic E-state index is 11.0. The Morgan fingerprint density at radius 2 is 1.94 bits per heavy atom. The zero-order valence-corrected chi connectivity index (χ0v) is 21.6. The molecule has 36 heavy (non-hydrogen) atoms. The van der Waals surface area contributed by atoms with Gasteiger partial charge in [-0.2, -0.15) is 0 Å². The second kappa shape index (κ2) is 9.04. The fraction of sp³-hybridized carbons (Fsp3) is 0.375. The smallest absolute Gasteiger partial charge is 0.294 e. The van der Waals surface area contributed by atoms with Gasteiger partial charge < -0.3 is 28.5 Å². The molecule has 1 aromatic carbocycles. The number of aliphatic hydroxyl groups is 1. The van der Waals surface area contributed by atoms with Crippen LogP contribution in [0.2, 0.25) is 0 Å². The van der Waals surface area contributed by atoms with Gasteiger partial charge in [-0.05, 0) is 24.3 Å². The maximum atomic E-state index is 11.0. The van der Waals surface area contributed by atoms with Gasteiger partial charge in [0.05, 0.1) is 31.5 Å². The molecule has 4 aromatic heterocycles. The number of ether oxygens (including phenoxy) is 4. The van der Waals surface area contributed by atoms with Gasteiger partial charge in [0.15, 0.2) is 5.76 Å². The molecule has 0 aliphatic carbocycles. The number of hydrogen-bond acceptors (Lipinski definition) is 11. The second-order valence-electron chi connectivity index (χ2n) is 8.53. The first-order valence-electron chi connectivity index (χ1n) is 11.4. The molecule has 1 aliphatic rings. The van der Waals surface area contributed by atoms with Crippen molar-refractivity contribution in [1.29, 1.82) is 0 Å². The van der Waals surface area contributed by atoms with Crippen molar-refractivity contribution in [3.63, 3.8) is 0 Å². The van der Waals surface area contributed by atoms with Crippen LogP contribution in [-0.4, -0.2) is 52.1 Å². The van der Waals surface area contributed by atoms with Crippen LogP contribution in [0.5, 0.6) is 16.7 Å². The van der Waals surface area contributed by atoms with Crippen molar-refractivity contribution in [3.8, 4) is 28.1 Å². The Morgan fingerprint density at radius 1 is 1.11 bits per heavy atom. The molecular formula is C24H24N4O6S2. The van der Waals surface area contributed by atoms with Gasteiger partial charge in [0.2, 0.25) is 4.96 Å². The highest BCUT2D eigenvalue weighted by atomic mass is 32.1. The number of thiazole rings is 1. The average molecular weight is 529 g/mol. The van der Waals surface area contributed by atoms with Crippen LogP contribution in [0.25, 0.3) is 27.4 Å². The lowest BCUT2D eigenvalue weighted by Gasteiger charge is -2.29. The van der Waals surface area contributed by atoms with Gasteiger partial charge in [-0.1, -0.05) is 0 Å². The van der Waals surface area contributed by atoms with E-state index in [4.69, 9.17) is 28.3 Å². The van der Waals surface area contributed by atoms with Crippen LogP contribution in [0.15, 0.2) is 28.8 Å². The highest BCUT2D eigenvalue weighted by Crippen LogP contribution is 2.39. The van der Waals surface area contributed by atoms with Gasteiger partial charge in [0.1, 0.15) is 40.0 Å². The summed E-state index contributed by atoms with van der Waals surface area (Å²) in [6.07, 6.45) is 2.89. The van der Waals surface area contributed by atoms with E-state index in [1.807, 2.05) is 25.1 Å². The number of fused-ring (bicyclic) bond motifs is 2. The summed E-state index contributed by atoms with van der Waals surface area (Å²) in [4.78, 5) is 11.1. The van der Waals surface area contributed by atoms with Crippen LogP contribution < -0.4 is 14.2 Å². The molecular weight excluding hydrogens is 504 g/mol. The molecule has 5 aromatic rings. The molecule has 188 valence electrons. The molecule has 0 unspecified atom stereocenters. The standard InChI is InChI=1S/C24H24N4O6S2/c1-13-17(25-21(35-13)24(29)4-6-32-7-5-24)12-33-18-8-14(30-2)9-19-15(18)10-20(34-19)16-11-28-22(26-16)36-23(27-28)31-3/h8-11,29H,4-7,12H2,1-3H3. The Balaban J connectivity index is 1.29. The van der Waals surface area contributed by atoms with Crippen LogP contribution in [-0.2, 0) is 16.9 Å². The normalized spacial score (nSPS) is 15.6. The van der Waals surface area contributed by atoms with Gasteiger partial charge in [-0.25, -0.2) is 14.5 Å². The third-order valence-corrected chi connectivity index (χ3v) is 8.33. The SMILES string of the molecule is COc1cc(OCc2nc(C3(O)CCOCC3)sc2C)c2cc(-c3cn4nc(OC)sc4n3)oc2c1. The van der Waals surface area contributed by atoms with E-state index in [1.165, 1.54) is 22.7 Å². The van der Waals surface area contributed by atoms with E-state index in [1.54, 1.807) is 24.9 Å². The van der Waals surface area contributed by atoms with E-state index in [9.17, 15) is 5.11 Å². The molecule has 1 N–H and O–H groups in total. The van der Waals surface area contributed by atoms with Gasteiger partial charge in [0.25, 0.3) is 5.19 Å². The minimum absolute atomic E-state index is 0.252. The largest absolute Gasteiger partial charge is 0.496 e. The fourth-order valence-corrected chi connectivity index (χ4v) is 5.92. The minimum Gasteiger partial charge on any atom is -0.496 e. The molecule has 0 radical (unpaired) electrons. The maximum Gasteiger partial charge on any atom is 0.294 e. The number of nitrogens with zero attached hydrogens (tertiary/aromatic N) is 4. The molecule has 0 spiro atoms. The highest BCUT2D eigenvalue weighted by molar-refractivity contribution is 7.18. The van der Waals surface area contributed by atoms with Gasteiger partial charge in [-0.15, -0.1) is 16.4 Å². The van der Waals surface area contributed by atoms with E-state index < -0.39 is 5.60 Å². The number of imidazole rings is 1. The zero-order valence-electron chi connectivity index (χ0n) is 19.9. The predicted molar refractivity (Wildman–Crippen MR) is 134 cm³/mol. The van der Waals surface area contributed by atoms with Crippen molar-refractivity contribution in [2.45, 2.75) is 32.0 Å². The lowest BCUT2D eigenvalue weighted by atomic mass is 9.95. The average Bonchev–Trinajstić information content (AvgIpc) is 3.64. The molecule has 0 atom stereocenters. The first-order valence-corrected chi connectivity index (χ1v) is 13.0. The van der Waals surface area contributed by atoms with E-state index in [0.29, 0.717) is 69.8 Å². The first kappa shape index (κ1) is 23.2. The summed E-state index contributed by atoms with van der Waals surface area (Å²) in [5, 5.41) is 17.4. The number of hydrogen-bond donors (Lipinski definition) is 1. The lowest BCUT2D eigenvalue weighted by Crippen LogP contribution is -2.33. The van der Waals surface area contributed by atoms with Crippen LogP contribution in [0.3, 0.4) is 0 Å². The van der Waals surface area contributed by atoms with Crippen molar-refractivity contribution >= 4 is 38.6 Å². The molecule has 0 saturated carbocycles. The van der Waals surface area contributed by atoms with Gasteiger partial charge >= 0.3 is 0 Å². The third kappa shape index (κ3) is 4.09. The monoisotopic (exact) mass is 528 g/mol. The Kier molecular flexibility index (Phi) is 5.83. The van der Waals surface area contributed by atoms with E-state index >= 15 is 0 Å². The Bertz CT molecular complexity index is 1510. The molecule has 0 bridgehead atoms. The van der Waals surface area contributed by atoms with Crippen LogP contribution >= 0.6 is 22.7 Å². The third-order valence-electron chi connectivity index (χ3n) is 6.24. The molecule has 12 heteroatoms. The van der Waals surface area contributed by atoms with Gasteiger partial charge in [-0.3, -0.25) is 0 Å². The minimum atomic E-state index is -0.939. The highest BCUT2D eigenvalue weighted by Gasteiger charge is 2.35. The molecule has 0 amide bonds. The number of methoxy groups -OCH3 is 2. The number of aromatic nitrogens is 4. The molecule has 10 nitrogen and oxygen atoms in total. The number of aryl methyl sites for hydroxylation is 1. The molecule has 1 fully saturated rings. The van der Waals surface area contributed by atoms with Crippen molar-refractivity contribution in [2.24, 2.45) is 0 Å². The summed E-state index contributed by atoms with van der Waals surface area (Å²) in [7, 11) is 3.18. The lowest BCUT2D eigenvalue weighted by molar-refractivity contribution is -0.0681. The Morgan fingerprint density at radius 3 is 2.69 bits per heavy atom. The van der Waals surface area contributed by atoms with Crippen molar-refractivity contribution < 1.29 is 28.5 Å². The summed E-state index contributed by atoms with van der Waals surface area (Å²) >= 11 is 2.86. The van der Waals surface area contributed by atoms with Crippen LogP contribution in [0, 0.1) is 6.92 Å². The number of rotatable bonds is 7. The Labute approximate surface area is 214 Å². The summed E-state index contributed by atoms with van der Waals surface area (Å²) in [6, 6.07) is 5.55. The molecule has 5 heterocycles. The first-order chi connectivity index (χ1) is 17.5. The Hall–Kier alpha value is -3.19. The van der Waals surface area contributed by atoms with Crippen molar-refractivity contribution in [3.05, 3.63) is 40.0 Å². The molecule has 6 rings (SSSR count). The van der Waals surface area contributed by atoms with Crippen molar-refractivity contribution in [1.82, 2.24) is 19.6 Å². The summed E-state index contributed by atoms with van der Waals surface area (Å²) in [6.45, 7) is 3.31.